The second-order valence-corrected chi connectivity index (χ2v) is 19.5. The van der Waals surface area contributed by atoms with Gasteiger partial charge in [-0.3, -0.25) is 4.90 Å². The van der Waals surface area contributed by atoms with Gasteiger partial charge in [0.05, 0.1) is 44.6 Å². The zero-order valence-corrected chi connectivity index (χ0v) is 41.7. The number of halogens is 1. The van der Waals surface area contributed by atoms with Gasteiger partial charge in [0.25, 0.3) is 0 Å². The number of allylic oxidation sites excluding steroid dienone is 1. The van der Waals surface area contributed by atoms with E-state index in [1.165, 1.54) is 6.07 Å². The number of carbonyl (C=O) groups is 1. The first-order chi connectivity index (χ1) is 35.9. The first kappa shape index (κ1) is 51.8. The van der Waals surface area contributed by atoms with Crippen LogP contribution >= 0.6 is 0 Å². The SMILES string of the molecule is C=CCO[C@@]12Oc3ccc(OCc4ccccc4F)cc3[C@H]3[C@H](CCCCO)[C@@H](CCCCO)C=C(C(=NOC4CCCCO4)C[C@@H]1N(Cc1cccc4ccccc14)C(=O)OCCOCc1ccccc1)[C@H]32. The van der Waals surface area contributed by atoms with Gasteiger partial charge in [-0.15, -0.1) is 6.58 Å². The largest absolute Gasteiger partial charge is 0.489 e. The van der Waals surface area contributed by atoms with Gasteiger partial charge in [-0.05, 0) is 102 Å². The molecule has 0 bridgehead atoms. The summed E-state index contributed by atoms with van der Waals surface area (Å²) in [5.74, 6) is -1.71. The van der Waals surface area contributed by atoms with Crippen LogP contribution in [0.1, 0.15) is 92.4 Å². The molecule has 1 amide bonds. The van der Waals surface area contributed by atoms with Crippen molar-refractivity contribution in [2.45, 2.75) is 108 Å². The molecular weight excluding hydrogens is 928 g/mol. The van der Waals surface area contributed by atoms with Crippen molar-refractivity contribution < 1.29 is 52.7 Å². The van der Waals surface area contributed by atoms with Gasteiger partial charge >= 0.3 is 6.09 Å². The Bertz CT molecular complexity index is 2670. The highest BCUT2D eigenvalue weighted by atomic mass is 19.1. The molecule has 0 spiro atoms. The van der Waals surface area contributed by atoms with E-state index in [1.54, 1.807) is 29.2 Å². The summed E-state index contributed by atoms with van der Waals surface area (Å²) in [5, 5.41) is 27.2. The molecule has 2 aliphatic heterocycles. The standard InChI is InChI=1S/C60H69FN2O10/c1-2-32-71-60-55(63(39-45-23-16-22-43-19-6-8-24-48(43)45)59(66)69-35-34-67-40-42-17-4-3-5-18-42)38-53(62-73-56-27-12-15-33-68-56)50-36-44(20-10-13-30-64)49(25-11-14-31-65)57(58(50)60)51-37-47(28-29-54(51)72-60)70-41-46-21-7-9-26-52(46)61/h2-9,16-19,21-24,26,28-29,36-37,44,49,55-58,64-65H,1,10-15,20,25,27,30-35,38-41H2/t44-,49+,55-,56?,57+,58+,60+/m0/s1. The van der Waals surface area contributed by atoms with E-state index in [0.717, 1.165) is 71.6 Å². The molecule has 13 heteroatoms. The number of benzene rings is 5. The molecule has 2 heterocycles. The summed E-state index contributed by atoms with van der Waals surface area (Å²) < 4.78 is 54.4. The number of rotatable bonds is 24. The highest BCUT2D eigenvalue weighted by molar-refractivity contribution is 6.03. The lowest BCUT2D eigenvalue weighted by molar-refractivity contribution is -0.256. The minimum Gasteiger partial charge on any atom is -0.489 e. The summed E-state index contributed by atoms with van der Waals surface area (Å²) in [7, 11) is 0. The average Bonchev–Trinajstić information content (AvgIpc) is 3.43. The van der Waals surface area contributed by atoms with Crippen molar-refractivity contribution in [2.75, 3.05) is 39.6 Å². The monoisotopic (exact) mass is 996 g/mol. The average molecular weight is 997 g/mol. The number of hydrogen-bond acceptors (Lipinski definition) is 11. The lowest BCUT2D eigenvalue weighted by atomic mass is 9.55. The summed E-state index contributed by atoms with van der Waals surface area (Å²) in [6.45, 7) is 5.57. The Hall–Kier alpha value is -6.09. The van der Waals surface area contributed by atoms with E-state index in [0.29, 0.717) is 55.3 Å². The molecule has 2 N–H and O–H groups in total. The van der Waals surface area contributed by atoms with Crippen molar-refractivity contribution in [1.82, 2.24) is 4.90 Å². The maximum atomic E-state index is 15.3. The fraction of sp³-hybridized carbons (Fsp3) is 0.433. The molecule has 7 atom stereocenters. The highest BCUT2D eigenvalue weighted by Crippen LogP contribution is 2.62. The van der Waals surface area contributed by atoms with Gasteiger partial charge in [-0.25, -0.2) is 9.18 Å². The van der Waals surface area contributed by atoms with Crippen LogP contribution in [0.3, 0.4) is 0 Å². The highest BCUT2D eigenvalue weighted by Gasteiger charge is 2.66. The van der Waals surface area contributed by atoms with Crippen molar-refractivity contribution >= 4 is 22.6 Å². The van der Waals surface area contributed by atoms with E-state index in [2.05, 4.69) is 30.9 Å². The molecule has 0 aromatic heterocycles. The van der Waals surface area contributed by atoms with Crippen molar-refractivity contribution in [1.29, 1.82) is 0 Å². The minimum atomic E-state index is -1.55. The number of carbonyl (C=O) groups excluding carboxylic acids is 1. The van der Waals surface area contributed by atoms with Crippen molar-refractivity contribution in [2.24, 2.45) is 22.9 Å². The number of aliphatic hydroxyl groups excluding tert-OH is 2. The van der Waals surface area contributed by atoms with Crippen molar-refractivity contribution in [3.05, 3.63) is 168 Å². The zero-order valence-electron chi connectivity index (χ0n) is 41.7. The molecule has 9 rings (SSSR count). The summed E-state index contributed by atoms with van der Waals surface area (Å²) in [5.41, 5.74) is 4.77. The summed E-state index contributed by atoms with van der Waals surface area (Å²) >= 11 is 0. The second-order valence-electron chi connectivity index (χ2n) is 19.5. The minimum absolute atomic E-state index is 0.00692. The molecule has 73 heavy (non-hydrogen) atoms. The Morgan fingerprint density at radius 2 is 1.64 bits per heavy atom. The van der Waals surface area contributed by atoms with Crippen LogP contribution in [0.15, 0.2) is 145 Å². The maximum absolute atomic E-state index is 15.3. The van der Waals surface area contributed by atoms with Gasteiger partial charge in [0, 0.05) is 43.1 Å². The number of ether oxygens (including phenoxy) is 6. The van der Waals surface area contributed by atoms with Crippen LogP contribution in [0, 0.1) is 23.6 Å². The third-order valence-electron chi connectivity index (χ3n) is 14.8. The van der Waals surface area contributed by atoms with Crippen molar-refractivity contribution in [3.8, 4) is 11.5 Å². The van der Waals surface area contributed by atoms with Crippen LogP contribution < -0.4 is 9.47 Å². The van der Waals surface area contributed by atoms with E-state index in [1.807, 2.05) is 72.8 Å². The van der Waals surface area contributed by atoms with Crippen LogP contribution in [0.2, 0.25) is 0 Å². The topological polar surface area (TPSA) is 138 Å². The van der Waals surface area contributed by atoms with Crippen LogP contribution in [0.25, 0.3) is 10.8 Å². The smallest absolute Gasteiger partial charge is 0.410 e. The van der Waals surface area contributed by atoms with Gasteiger partial charge < -0.3 is 43.5 Å². The lowest BCUT2D eigenvalue weighted by Gasteiger charge is -2.60. The van der Waals surface area contributed by atoms with E-state index >= 15 is 4.79 Å². The molecule has 5 aromatic rings. The quantitative estimate of drug-likeness (QED) is 0.0349. The Labute approximate surface area is 428 Å². The number of nitrogens with zero attached hydrogens (tertiary/aromatic N) is 2. The number of aliphatic hydroxyl groups is 2. The molecule has 5 aromatic carbocycles. The third-order valence-corrected chi connectivity index (χ3v) is 14.8. The Morgan fingerprint density at radius 3 is 2.45 bits per heavy atom. The molecule has 2 fully saturated rings. The maximum Gasteiger partial charge on any atom is 0.410 e. The van der Waals surface area contributed by atoms with E-state index in [4.69, 9.17) is 38.4 Å². The molecule has 12 nitrogen and oxygen atoms in total. The van der Waals surface area contributed by atoms with E-state index < -0.39 is 30.1 Å². The first-order valence-corrected chi connectivity index (χ1v) is 26.1. The van der Waals surface area contributed by atoms with Gasteiger partial charge in [0.15, 0.2) is 0 Å². The molecule has 1 unspecified atom stereocenters. The molecular formula is C60H69FN2O10. The van der Waals surface area contributed by atoms with Crippen molar-refractivity contribution in [3.63, 3.8) is 0 Å². The van der Waals surface area contributed by atoms with E-state index in [9.17, 15) is 14.6 Å². The number of oxime groups is 1. The third kappa shape index (κ3) is 12.1. The fourth-order valence-electron chi connectivity index (χ4n) is 11.4. The van der Waals surface area contributed by atoms with Gasteiger partial charge in [0.1, 0.15) is 36.6 Å². The van der Waals surface area contributed by atoms with Gasteiger partial charge in [-0.1, -0.05) is 121 Å². The number of amides is 1. The van der Waals surface area contributed by atoms with Crippen LogP contribution in [0.5, 0.6) is 11.5 Å². The molecule has 4 aliphatic rings. The number of unbranched alkanes of at least 4 members (excludes halogenated alkanes) is 2. The second kappa shape index (κ2) is 25.2. The number of hydrogen-bond donors (Lipinski definition) is 2. The molecule has 1 saturated heterocycles. The van der Waals surface area contributed by atoms with Crippen LogP contribution in [-0.4, -0.2) is 84.7 Å². The molecule has 1 saturated carbocycles. The molecule has 386 valence electrons. The first-order valence-electron chi connectivity index (χ1n) is 26.1. The van der Waals surface area contributed by atoms with Gasteiger partial charge in [-0.2, -0.15) is 0 Å². The van der Waals surface area contributed by atoms with Crippen LogP contribution in [0.4, 0.5) is 9.18 Å². The number of fused-ring (bicyclic) bond motifs is 3. The Balaban J connectivity index is 1.20. The predicted molar refractivity (Wildman–Crippen MR) is 277 cm³/mol. The normalized spacial score (nSPS) is 23.7. The van der Waals surface area contributed by atoms with Gasteiger partial charge in [0.2, 0.25) is 12.1 Å². The predicted octanol–water partition coefficient (Wildman–Crippen LogP) is 11.6. The lowest BCUT2D eigenvalue weighted by Crippen LogP contribution is -2.70. The van der Waals surface area contributed by atoms with E-state index in [-0.39, 0.29) is 76.2 Å². The summed E-state index contributed by atoms with van der Waals surface area (Å²) in [4.78, 5) is 23.5. The summed E-state index contributed by atoms with van der Waals surface area (Å²) in [6, 6.07) is 35.5. The Kier molecular flexibility index (Phi) is 17.9. The molecule has 0 radical (unpaired) electrons. The summed E-state index contributed by atoms with van der Waals surface area (Å²) in [6.07, 6.45) is 9.97. The fourth-order valence-corrected chi connectivity index (χ4v) is 11.4. The zero-order chi connectivity index (χ0) is 50.4. The van der Waals surface area contributed by atoms with Crippen LogP contribution in [-0.2, 0) is 43.5 Å². The molecule has 2 aliphatic carbocycles. The Morgan fingerprint density at radius 1 is 0.863 bits per heavy atom.